The fraction of sp³-hybridized carbons (Fsp3) is 1.00. The molecule has 0 unspecified atom stereocenters. The van der Waals surface area contributed by atoms with E-state index in [1.807, 2.05) is 0 Å². The summed E-state index contributed by atoms with van der Waals surface area (Å²) in [4.78, 5) is 0. The Balaban J connectivity index is 4.69. The van der Waals surface area contributed by atoms with E-state index in [-0.39, 0.29) is 0 Å². The molecule has 0 aromatic carbocycles. The summed E-state index contributed by atoms with van der Waals surface area (Å²) in [5, 5.41) is 0. The molecule has 0 N–H and O–H groups in total. The van der Waals surface area contributed by atoms with Gasteiger partial charge in [0.25, 0.3) is 0 Å². The fourth-order valence-corrected chi connectivity index (χ4v) is 15.6. The standard InChI is InChI=1S/C26H58P2/c1-7-13-22-28(23-14-8-2,24-15-9-3)26-18-16-17-25-27(19-10-4,20-11-5)21-12-6/h7-26H2,1-6H3/q+2. The molecule has 0 radical (unpaired) electrons. The van der Waals surface area contributed by atoms with E-state index in [1.165, 1.54) is 64.2 Å². The van der Waals surface area contributed by atoms with Crippen LogP contribution < -0.4 is 0 Å². The maximum absolute atomic E-state index is 2.42. The predicted molar refractivity (Wildman–Crippen MR) is 142 cm³/mol. The lowest BCUT2D eigenvalue weighted by molar-refractivity contribution is 0.759. The first-order valence-corrected chi connectivity index (χ1v) is 18.3. The summed E-state index contributed by atoms with van der Waals surface area (Å²) < 4.78 is 0. The van der Waals surface area contributed by atoms with E-state index in [0.717, 1.165) is 0 Å². The van der Waals surface area contributed by atoms with E-state index < -0.39 is 14.5 Å². The summed E-state index contributed by atoms with van der Waals surface area (Å²) in [6, 6.07) is 0. The van der Waals surface area contributed by atoms with Gasteiger partial charge in [-0.05, 0) is 57.8 Å². The van der Waals surface area contributed by atoms with Crippen LogP contribution in [0.2, 0.25) is 0 Å². The van der Waals surface area contributed by atoms with E-state index in [1.54, 1.807) is 62.1 Å². The molecule has 0 amide bonds. The molecule has 170 valence electrons. The molecule has 0 aromatic heterocycles. The maximum atomic E-state index is 2.42. The zero-order chi connectivity index (χ0) is 21.1. The van der Waals surface area contributed by atoms with E-state index in [4.69, 9.17) is 0 Å². The van der Waals surface area contributed by atoms with Crippen molar-refractivity contribution < 1.29 is 0 Å². The van der Waals surface area contributed by atoms with Gasteiger partial charge in [0.2, 0.25) is 0 Å². The lowest BCUT2D eigenvalue weighted by Crippen LogP contribution is -2.14. The number of rotatable bonds is 21. The number of hydrogen-bond donors (Lipinski definition) is 0. The largest absolute Gasteiger partial charge is 0.0652 e. The van der Waals surface area contributed by atoms with Crippen LogP contribution in [0.1, 0.15) is 119 Å². The van der Waals surface area contributed by atoms with Crippen LogP contribution >= 0.6 is 14.5 Å². The van der Waals surface area contributed by atoms with E-state index in [9.17, 15) is 0 Å². The van der Waals surface area contributed by atoms with Gasteiger partial charge in [-0.1, -0.05) is 60.8 Å². The Morgan fingerprint density at radius 3 is 0.857 bits per heavy atom. The summed E-state index contributed by atoms with van der Waals surface area (Å²) in [5.74, 6) is 0. The highest BCUT2D eigenvalue weighted by molar-refractivity contribution is 7.76. The van der Waals surface area contributed by atoms with Crippen LogP contribution in [0.4, 0.5) is 0 Å². The highest BCUT2D eigenvalue weighted by Crippen LogP contribution is 2.62. The molecular formula is C26H58P2+2. The molecule has 0 rings (SSSR count). The van der Waals surface area contributed by atoms with Crippen molar-refractivity contribution in [2.75, 3.05) is 49.3 Å². The fourth-order valence-electron chi connectivity index (χ4n) is 5.32. The average Bonchev–Trinajstić information content (AvgIpc) is 2.69. The molecule has 0 fully saturated rings. The molecule has 0 atom stereocenters. The first-order chi connectivity index (χ1) is 13.6. The minimum Gasteiger partial charge on any atom is -0.0652 e. The van der Waals surface area contributed by atoms with Crippen LogP contribution in [0.5, 0.6) is 0 Å². The summed E-state index contributed by atoms with van der Waals surface area (Å²) in [6.07, 6.45) is 30.4. The Labute approximate surface area is 182 Å². The SMILES string of the molecule is CCCC[P+](CCCC)(CCCC)CCCCC[P+](CCC)(CCC)CCC. The van der Waals surface area contributed by atoms with Crippen LogP contribution in [-0.4, -0.2) is 49.3 Å². The van der Waals surface area contributed by atoms with Gasteiger partial charge in [-0.3, -0.25) is 0 Å². The molecule has 0 aliphatic carbocycles. The molecule has 0 heterocycles. The van der Waals surface area contributed by atoms with Crippen LogP contribution in [0.15, 0.2) is 0 Å². The van der Waals surface area contributed by atoms with E-state index >= 15 is 0 Å². The van der Waals surface area contributed by atoms with E-state index in [0.29, 0.717) is 0 Å². The molecule has 0 saturated heterocycles. The Morgan fingerprint density at radius 1 is 0.286 bits per heavy atom. The van der Waals surface area contributed by atoms with Crippen LogP contribution in [0.3, 0.4) is 0 Å². The highest BCUT2D eigenvalue weighted by atomic mass is 31.2. The summed E-state index contributed by atoms with van der Waals surface area (Å²) in [7, 11) is -1.28. The maximum Gasteiger partial charge on any atom is 0.0594 e. The van der Waals surface area contributed by atoms with Crippen molar-refractivity contribution in [2.24, 2.45) is 0 Å². The smallest absolute Gasteiger partial charge is 0.0594 e. The molecule has 0 aliphatic heterocycles. The molecule has 0 nitrogen and oxygen atoms in total. The minimum absolute atomic E-state index is 0.621. The van der Waals surface area contributed by atoms with Crippen molar-refractivity contribution in [3.63, 3.8) is 0 Å². The second kappa shape index (κ2) is 18.6. The molecule has 28 heavy (non-hydrogen) atoms. The van der Waals surface area contributed by atoms with Gasteiger partial charge >= 0.3 is 0 Å². The summed E-state index contributed by atoms with van der Waals surface area (Å²) in [5.41, 5.74) is 0. The average molecular weight is 433 g/mol. The van der Waals surface area contributed by atoms with Crippen molar-refractivity contribution in [2.45, 2.75) is 119 Å². The van der Waals surface area contributed by atoms with Gasteiger partial charge < -0.3 is 0 Å². The third kappa shape index (κ3) is 12.5. The van der Waals surface area contributed by atoms with Gasteiger partial charge in [-0.25, -0.2) is 0 Å². The van der Waals surface area contributed by atoms with Crippen LogP contribution in [0, 0.1) is 0 Å². The Kier molecular flexibility index (Phi) is 19.2. The Bertz CT molecular complexity index is 288. The topological polar surface area (TPSA) is 0 Å². The molecule has 0 aromatic rings. The Morgan fingerprint density at radius 2 is 0.571 bits per heavy atom. The van der Waals surface area contributed by atoms with Crippen molar-refractivity contribution in [3.05, 3.63) is 0 Å². The predicted octanol–water partition coefficient (Wildman–Crippen LogP) is 9.82. The van der Waals surface area contributed by atoms with Gasteiger partial charge in [-0.2, -0.15) is 0 Å². The van der Waals surface area contributed by atoms with Crippen molar-refractivity contribution >= 4 is 14.5 Å². The highest BCUT2D eigenvalue weighted by Gasteiger charge is 2.36. The van der Waals surface area contributed by atoms with Gasteiger partial charge in [0.1, 0.15) is 0 Å². The normalized spacial score (nSPS) is 12.6. The molecule has 2 heteroatoms. The van der Waals surface area contributed by atoms with Gasteiger partial charge in [0.05, 0.1) is 49.3 Å². The minimum atomic E-state index is -0.656. The molecule has 0 aliphatic rings. The second-order valence-corrected chi connectivity index (χ2v) is 18.5. The van der Waals surface area contributed by atoms with Crippen LogP contribution in [0.25, 0.3) is 0 Å². The quantitative estimate of drug-likeness (QED) is 0.125. The van der Waals surface area contributed by atoms with E-state index in [2.05, 4.69) is 41.5 Å². The molecular weight excluding hydrogens is 374 g/mol. The third-order valence-corrected chi connectivity index (χ3v) is 17.3. The van der Waals surface area contributed by atoms with Crippen molar-refractivity contribution in [1.29, 1.82) is 0 Å². The van der Waals surface area contributed by atoms with Gasteiger partial charge in [0.15, 0.2) is 0 Å². The molecule has 0 saturated carbocycles. The number of unbranched alkanes of at least 4 members (excludes halogenated alkanes) is 5. The molecule has 0 spiro atoms. The summed E-state index contributed by atoms with van der Waals surface area (Å²) >= 11 is 0. The van der Waals surface area contributed by atoms with Gasteiger partial charge in [0, 0.05) is 14.5 Å². The Hall–Kier alpha value is 0.860. The molecule has 0 bridgehead atoms. The van der Waals surface area contributed by atoms with Crippen molar-refractivity contribution in [1.82, 2.24) is 0 Å². The lowest BCUT2D eigenvalue weighted by atomic mass is 10.3. The first kappa shape index (κ1) is 28.9. The lowest BCUT2D eigenvalue weighted by Gasteiger charge is -2.29. The zero-order valence-electron chi connectivity index (χ0n) is 21.0. The second-order valence-electron chi connectivity index (χ2n) is 9.59. The van der Waals surface area contributed by atoms with Gasteiger partial charge in [-0.15, -0.1) is 0 Å². The monoisotopic (exact) mass is 432 g/mol. The first-order valence-electron chi connectivity index (χ1n) is 13.3. The third-order valence-electron chi connectivity index (χ3n) is 6.82. The van der Waals surface area contributed by atoms with Crippen LogP contribution in [-0.2, 0) is 0 Å². The summed E-state index contributed by atoms with van der Waals surface area (Å²) in [6.45, 7) is 14.5. The zero-order valence-corrected chi connectivity index (χ0v) is 22.8. The van der Waals surface area contributed by atoms with Crippen molar-refractivity contribution in [3.8, 4) is 0 Å². The number of hydrogen-bond acceptors (Lipinski definition) is 0.